The maximum Gasteiger partial charge on any atom is 0.325 e. The van der Waals surface area contributed by atoms with E-state index < -0.39 is 5.97 Å². The lowest BCUT2D eigenvalue weighted by atomic mass is 10.3. The minimum Gasteiger partial charge on any atom is -0.480 e. The molecule has 0 spiro atoms. The summed E-state index contributed by atoms with van der Waals surface area (Å²) < 4.78 is 2.91. The monoisotopic (exact) mass is 243 g/mol. The molecule has 2 heterocycles. The second-order valence-corrected chi connectivity index (χ2v) is 3.10. The van der Waals surface area contributed by atoms with Crippen LogP contribution in [0.25, 0.3) is 11.3 Å². The Balaban J connectivity index is 0.00000128. The van der Waals surface area contributed by atoms with E-state index in [9.17, 15) is 4.79 Å². The summed E-state index contributed by atoms with van der Waals surface area (Å²) >= 11 is 0. The smallest absolute Gasteiger partial charge is 0.325 e. The van der Waals surface area contributed by atoms with E-state index in [-0.39, 0.29) is 19.0 Å². The predicted octanol–water partition coefficient (Wildman–Crippen LogP) is 0.185. The first-order valence-corrected chi connectivity index (χ1v) is 4.26. The molecule has 0 atom stereocenters. The third kappa shape index (κ3) is 2.57. The van der Waals surface area contributed by atoms with Crippen LogP contribution in [-0.2, 0) is 18.4 Å². The Morgan fingerprint density at radius 3 is 2.81 bits per heavy atom. The molecule has 0 aliphatic carbocycles. The van der Waals surface area contributed by atoms with Crippen molar-refractivity contribution in [1.82, 2.24) is 24.8 Å². The lowest BCUT2D eigenvalue weighted by Crippen LogP contribution is -2.08. The van der Waals surface area contributed by atoms with Crippen LogP contribution < -0.4 is 0 Å². The van der Waals surface area contributed by atoms with Crippen LogP contribution in [0, 0.1) is 0 Å². The van der Waals surface area contributed by atoms with Gasteiger partial charge in [-0.3, -0.25) is 9.48 Å². The molecule has 86 valence electrons. The second kappa shape index (κ2) is 4.75. The van der Waals surface area contributed by atoms with Crippen molar-refractivity contribution in [2.75, 3.05) is 0 Å². The van der Waals surface area contributed by atoms with Crippen LogP contribution in [0.1, 0.15) is 0 Å². The van der Waals surface area contributed by atoms with Crippen LogP contribution in [0.2, 0.25) is 0 Å². The zero-order chi connectivity index (χ0) is 10.8. The van der Waals surface area contributed by atoms with Crippen molar-refractivity contribution >= 4 is 18.4 Å². The van der Waals surface area contributed by atoms with Gasteiger partial charge in [-0.2, -0.15) is 5.10 Å². The number of rotatable bonds is 3. The molecular weight excluding hydrogens is 234 g/mol. The fourth-order valence-corrected chi connectivity index (χ4v) is 1.20. The van der Waals surface area contributed by atoms with Gasteiger partial charge in [0.2, 0.25) is 0 Å². The molecule has 0 aromatic carbocycles. The van der Waals surface area contributed by atoms with Crippen molar-refractivity contribution in [2.45, 2.75) is 6.54 Å². The van der Waals surface area contributed by atoms with Crippen molar-refractivity contribution in [1.29, 1.82) is 0 Å². The van der Waals surface area contributed by atoms with Crippen LogP contribution >= 0.6 is 12.4 Å². The van der Waals surface area contributed by atoms with E-state index in [0.717, 1.165) is 5.56 Å². The maximum absolute atomic E-state index is 10.4. The van der Waals surface area contributed by atoms with Gasteiger partial charge in [0.1, 0.15) is 12.2 Å². The topological polar surface area (TPSA) is 85.8 Å². The summed E-state index contributed by atoms with van der Waals surface area (Å²) in [5, 5.41) is 20.1. The molecule has 0 unspecified atom stereocenters. The van der Waals surface area contributed by atoms with Crippen LogP contribution in [0.3, 0.4) is 0 Å². The highest BCUT2D eigenvalue weighted by Crippen LogP contribution is 2.13. The zero-order valence-electron chi connectivity index (χ0n) is 8.44. The molecule has 0 saturated heterocycles. The molecule has 0 aliphatic heterocycles. The van der Waals surface area contributed by atoms with E-state index in [1.807, 2.05) is 0 Å². The van der Waals surface area contributed by atoms with Gasteiger partial charge in [0.15, 0.2) is 0 Å². The first-order chi connectivity index (χ1) is 7.15. The fourth-order valence-electron chi connectivity index (χ4n) is 1.20. The van der Waals surface area contributed by atoms with Crippen LogP contribution in [0.15, 0.2) is 18.6 Å². The molecule has 0 aliphatic rings. The molecule has 2 aromatic rings. The van der Waals surface area contributed by atoms with Crippen molar-refractivity contribution in [3.63, 3.8) is 0 Å². The molecule has 2 aromatic heterocycles. The highest BCUT2D eigenvalue weighted by Gasteiger charge is 2.07. The number of aryl methyl sites for hydroxylation is 1. The van der Waals surface area contributed by atoms with Gasteiger partial charge in [0.05, 0.1) is 12.4 Å². The lowest BCUT2D eigenvalue weighted by molar-refractivity contribution is -0.137. The van der Waals surface area contributed by atoms with Gasteiger partial charge < -0.3 is 5.11 Å². The Morgan fingerprint density at radius 2 is 2.25 bits per heavy atom. The average molecular weight is 244 g/mol. The zero-order valence-corrected chi connectivity index (χ0v) is 9.26. The second-order valence-electron chi connectivity index (χ2n) is 3.10. The molecule has 2 rings (SSSR count). The van der Waals surface area contributed by atoms with E-state index in [1.54, 1.807) is 30.3 Å². The number of hydrogen-bond donors (Lipinski definition) is 1. The lowest BCUT2D eigenvalue weighted by Gasteiger charge is -1.90. The van der Waals surface area contributed by atoms with Gasteiger partial charge in [-0.25, -0.2) is 4.68 Å². The Hall–Kier alpha value is -1.89. The number of aromatic nitrogens is 5. The van der Waals surface area contributed by atoms with Gasteiger partial charge >= 0.3 is 5.97 Å². The SMILES string of the molecule is Cl.Cn1cc(-c2cn(CC(=O)O)nn2)cn1. The third-order valence-electron chi connectivity index (χ3n) is 1.84. The first kappa shape index (κ1) is 12.2. The van der Waals surface area contributed by atoms with E-state index in [1.165, 1.54) is 4.68 Å². The number of hydrogen-bond acceptors (Lipinski definition) is 4. The van der Waals surface area contributed by atoms with E-state index in [2.05, 4.69) is 15.4 Å². The number of carbonyl (C=O) groups is 1. The van der Waals surface area contributed by atoms with Crippen LogP contribution in [0.4, 0.5) is 0 Å². The highest BCUT2D eigenvalue weighted by molar-refractivity contribution is 5.85. The van der Waals surface area contributed by atoms with Crippen molar-refractivity contribution in [3.8, 4) is 11.3 Å². The number of carboxylic acid groups (broad SMARTS) is 1. The highest BCUT2D eigenvalue weighted by atomic mass is 35.5. The summed E-state index contributed by atoms with van der Waals surface area (Å²) in [6, 6.07) is 0. The molecule has 0 fully saturated rings. The summed E-state index contributed by atoms with van der Waals surface area (Å²) in [4.78, 5) is 10.4. The van der Waals surface area contributed by atoms with Crippen molar-refractivity contribution < 1.29 is 9.90 Å². The van der Waals surface area contributed by atoms with Crippen molar-refractivity contribution in [3.05, 3.63) is 18.6 Å². The Labute approximate surface area is 97.1 Å². The number of aliphatic carboxylic acids is 1. The van der Waals surface area contributed by atoms with Crippen molar-refractivity contribution in [2.24, 2.45) is 7.05 Å². The summed E-state index contributed by atoms with van der Waals surface area (Å²) in [6.07, 6.45) is 5.01. The molecular formula is C8H10ClN5O2. The summed E-state index contributed by atoms with van der Waals surface area (Å²) in [5.41, 5.74) is 1.43. The third-order valence-corrected chi connectivity index (χ3v) is 1.84. The minimum atomic E-state index is -0.947. The molecule has 0 amide bonds. The average Bonchev–Trinajstić information content (AvgIpc) is 2.72. The van der Waals surface area contributed by atoms with E-state index in [0.29, 0.717) is 5.69 Å². The van der Waals surface area contributed by atoms with Crippen LogP contribution in [-0.4, -0.2) is 35.9 Å². The van der Waals surface area contributed by atoms with E-state index >= 15 is 0 Å². The summed E-state index contributed by atoms with van der Waals surface area (Å²) in [6.45, 7) is -0.187. The number of nitrogens with zero attached hydrogens (tertiary/aromatic N) is 5. The largest absolute Gasteiger partial charge is 0.480 e. The standard InChI is InChI=1S/C8H9N5O2.ClH/c1-12-3-6(2-9-12)7-4-13(11-10-7)5-8(14)15;/h2-4H,5H2,1H3,(H,14,15);1H. The molecule has 16 heavy (non-hydrogen) atoms. The van der Waals surface area contributed by atoms with E-state index in [4.69, 9.17) is 5.11 Å². The van der Waals surface area contributed by atoms with Gasteiger partial charge in [-0.05, 0) is 0 Å². The van der Waals surface area contributed by atoms with Gasteiger partial charge in [0, 0.05) is 18.8 Å². The molecule has 0 saturated carbocycles. The van der Waals surface area contributed by atoms with Gasteiger partial charge in [-0.1, -0.05) is 5.21 Å². The Morgan fingerprint density at radius 1 is 1.50 bits per heavy atom. The number of halogens is 1. The predicted molar refractivity (Wildman–Crippen MR) is 57.1 cm³/mol. The van der Waals surface area contributed by atoms with Gasteiger partial charge in [-0.15, -0.1) is 17.5 Å². The van der Waals surface area contributed by atoms with Gasteiger partial charge in [0.25, 0.3) is 0 Å². The summed E-state index contributed by atoms with van der Waals surface area (Å²) in [5.74, 6) is -0.947. The molecule has 0 bridgehead atoms. The Kier molecular flexibility index (Phi) is 3.62. The number of carboxylic acids is 1. The fraction of sp³-hybridized carbons (Fsp3) is 0.250. The molecule has 7 nitrogen and oxygen atoms in total. The normalized spacial score (nSPS) is 9.81. The molecule has 1 N–H and O–H groups in total. The summed E-state index contributed by atoms with van der Waals surface area (Å²) in [7, 11) is 1.80. The molecule has 0 radical (unpaired) electrons. The Bertz CT molecular complexity index is 492. The maximum atomic E-state index is 10.4. The minimum absolute atomic E-state index is 0. The quantitative estimate of drug-likeness (QED) is 0.831. The van der Waals surface area contributed by atoms with Crippen LogP contribution in [0.5, 0.6) is 0 Å². The molecule has 8 heteroatoms. The first-order valence-electron chi connectivity index (χ1n) is 4.26.